The minimum atomic E-state index is -0.204. The van der Waals surface area contributed by atoms with E-state index in [4.69, 9.17) is 0 Å². The first-order valence-corrected chi connectivity index (χ1v) is 9.00. The van der Waals surface area contributed by atoms with E-state index in [0.717, 1.165) is 13.0 Å². The van der Waals surface area contributed by atoms with E-state index < -0.39 is 0 Å². The average Bonchev–Trinajstić information content (AvgIpc) is 3.20. The van der Waals surface area contributed by atoms with Crippen molar-refractivity contribution in [1.29, 1.82) is 0 Å². The molecule has 2 atom stereocenters. The molecule has 1 amide bonds. The van der Waals surface area contributed by atoms with Crippen molar-refractivity contribution in [3.63, 3.8) is 0 Å². The summed E-state index contributed by atoms with van der Waals surface area (Å²) in [4.78, 5) is 14.9. The molecule has 1 saturated heterocycles. The highest BCUT2D eigenvalue weighted by atomic mass is 32.1. The second-order valence-electron chi connectivity index (χ2n) is 5.99. The van der Waals surface area contributed by atoms with Crippen molar-refractivity contribution in [3.8, 4) is 0 Å². The molecule has 0 bridgehead atoms. The number of hydrogen-bond acceptors (Lipinski definition) is 2. The van der Waals surface area contributed by atoms with E-state index in [2.05, 4.69) is 22.8 Å². The molecule has 1 aromatic heterocycles. The molecule has 1 aliphatic heterocycles. The van der Waals surface area contributed by atoms with E-state index in [1.54, 1.807) is 23.5 Å². The van der Waals surface area contributed by atoms with Crippen LogP contribution in [-0.2, 0) is 11.2 Å². The smallest absolute Gasteiger partial charge is 0.275 e. The molecule has 2 heterocycles. The normalized spacial score (nSPS) is 20.6. The van der Waals surface area contributed by atoms with Crippen molar-refractivity contribution >= 4 is 17.2 Å². The SMILES string of the molecule is O=C(C[NH+]1CCC[C@@H]1c1cccs1)NCCc1ccccc1F. The summed E-state index contributed by atoms with van der Waals surface area (Å²) in [6.07, 6.45) is 2.85. The van der Waals surface area contributed by atoms with Gasteiger partial charge >= 0.3 is 0 Å². The van der Waals surface area contributed by atoms with Gasteiger partial charge in [-0.2, -0.15) is 0 Å². The zero-order chi connectivity index (χ0) is 16.1. The number of nitrogens with one attached hydrogen (secondary N) is 2. The van der Waals surface area contributed by atoms with Gasteiger partial charge in [0.05, 0.1) is 11.4 Å². The highest BCUT2D eigenvalue weighted by molar-refractivity contribution is 7.10. The first-order chi connectivity index (χ1) is 11.2. The Balaban J connectivity index is 1.47. The predicted molar refractivity (Wildman–Crippen MR) is 90.1 cm³/mol. The molecule has 1 fully saturated rings. The van der Waals surface area contributed by atoms with Crippen LogP contribution in [0.25, 0.3) is 0 Å². The summed E-state index contributed by atoms with van der Waals surface area (Å²) in [5.74, 6) is -0.149. The van der Waals surface area contributed by atoms with Crippen LogP contribution in [0.15, 0.2) is 41.8 Å². The lowest BCUT2D eigenvalue weighted by Gasteiger charge is -2.20. The zero-order valence-corrected chi connectivity index (χ0v) is 13.9. The fraction of sp³-hybridized carbons (Fsp3) is 0.389. The minimum Gasteiger partial charge on any atom is -0.351 e. The monoisotopic (exact) mass is 333 g/mol. The van der Waals surface area contributed by atoms with Crippen LogP contribution in [0.4, 0.5) is 4.39 Å². The van der Waals surface area contributed by atoms with Crippen molar-refractivity contribution in [2.75, 3.05) is 19.6 Å². The second-order valence-corrected chi connectivity index (χ2v) is 6.97. The van der Waals surface area contributed by atoms with Gasteiger partial charge in [0.15, 0.2) is 6.54 Å². The Kier molecular flexibility index (Phi) is 5.41. The number of hydrogen-bond donors (Lipinski definition) is 2. The van der Waals surface area contributed by atoms with Crippen LogP contribution in [-0.4, -0.2) is 25.5 Å². The Labute approximate surface area is 140 Å². The fourth-order valence-corrected chi connectivity index (χ4v) is 4.18. The van der Waals surface area contributed by atoms with Crippen molar-refractivity contribution in [3.05, 3.63) is 58.0 Å². The number of amides is 1. The zero-order valence-electron chi connectivity index (χ0n) is 13.1. The Hall–Kier alpha value is -1.72. The van der Waals surface area contributed by atoms with E-state index in [0.29, 0.717) is 31.1 Å². The molecule has 122 valence electrons. The quantitative estimate of drug-likeness (QED) is 0.833. The fourth-order valence-electron chi connectivity index (χ4n) is 3.26. The Morgan fingerprint density at radius 3 is 2.96 bits per heavy atom. The predicted octanol–water partition coefficient (Wildman–Crippen LogP) is 1.97. The van der Waals surface area contributed by atoms with E-state index in [-0.39, 0.29) is 11.7 Å². The van der Waals surface area contributed by atoms with Gasteiger partial charge in [-0.1, -0.05) is 24.3 Å². The van der Waals surface area contributed by atoms with Gasteiger partial charge in [-0.25, -0.2) is 4.39 Å². The maximum atomic E-state index is 13.5. The molecular weight excluding hydrogens is 311 g/mol. The summed E-state index contributed by atoms with van der Waals surface area (Å²) in [5, 5.41) is 5.03. The number of thiophene rings is 1. The molecule has 0 spiro atoms. The standard InChI is InChI=1S/C18H21FN2OS/c19-15-6-2-1-5-14(15)9-10-20-18(22)13-21-11-3-7-16(21)17-8-4-12-23-17/h1-2,4-6,8,12,16H,3,7,9-11,13H2,(H,20,22)/p+1/t16-/m1/s1. The highest BCUT2D eigenvalue weighted by Gasteiger charge is 2.32. The topological polar surface area (TPSA) is 33.5 Å². The molecule has 1 aliphatic rings. The lowest BCUT2D eigenvalue weighted by Crippen LogP contribution is -3.11. The summed E-state index contributed by atoms with van der Waals surface area (Å²) >= 11 is 1.77. The lowest BCUT2D eigenvalue weighted by atomic mass is 10.1. The van der Waals surface area contributed by atoms with Gasteiger partial charge in [0, 0.05) is 19.4 Å². The molecule has 0 saturated carbocycles. The van der Waals surface area contributed by atoms with Crippen LogP contribution in [0.1, 0.15) is 29.3 Å². The highest BCUT2D eigenvalue weighted by Crippen LogP contribution is 2.23. The molecular formula is C18H22FN2OS+. The number of carbonyl (C=O) groups is 1. The maximum absolute atomic E-state index is 13.5. The third kappa shape index (κ3) is 4.18. The molecule has 1 aromatic carbocycles. The summed E-state index contributed by atoms with van der Waals surface area (Å²) in [5.41, 5.74) is 0.651. The molecule has 23 heavy (non-hydrogen) atoms. The molecule has 2 aromatic rings. The molecule has 0 aliphatic carbocycles. The lowest BCUT2D eigenvalue weighted by molar-refractivity contribution is -0.910. The first kappa shape index (κ1) is 16.1. The van der Waals surface area contributed by atoms with E-state index in [1.807, 2.05) is 6.07 Å². The van der Waals surface area contributed by atoms with Crippen molar-refractivity contribution in [1.82, 2.24) is 5.32 Å². The van der Waals surface area contributed by atoms with E-state index in [9.17, 15) is 9.18 Å². The van der Waals surface area contributed by atoms with E-state index in [1.165, 1.54) is 22.3 Å². The third-order valence-corrected chi connectivity index (χ3v) is 5.42. The molecule has 3 nitrogen and oxygen atoms in total. The summed E-state index contributed by atoms with van der Waals surface area (Å²) in [6.45, 7) is 2.03. The van der Waals surface area contributed by atoms with Crippen LogP contribution >= 0.6 is 11.3 Å². The van der Waals surface area contributed by atoms with Crippen molar-refractivity contribution in [2.45, 2.75) is 25.3 Å². The molecule has 1 unspecified atom stereocenters. The second kappa shape index (κ2) is 7.70. The van der Waals surface area contributed by atoms with Crippen LogP contribution in [0.3, 0.4) is 0 Å². The summed E-state index contributed by atoms with van der Waals surface area (Å²) in [7, 11) is 0. The number of quaternary nitrogens is 1. The Morgan fingerprint density at radius 1 is 1.30 bits per heavy atom. The van der Waals surface area contributed by atoms with Crippen LogP contribution in [0, 0.1) is 5.82 Å². The first-order valence-electron chi connectivity index (χ1n) is 8.12. The van der Waals surface area contributed by atoms with Crippen LogP contribution < -0.4 is 10.2 Å². The third-order valence-electron chi connectivity index (χ3n) is 4.43. The van der Waals surface area contributed by atoms with E-state index >= 15 is 0 Å². The van der Waals surface area contributed by atoms with Gasteiger partial charge in [0.2, 0.25) is 0 Å². The maximum Gasteiger partial charge on any atom is 0.275 e. The van der Waals surface area contributed by atoms with Gasteiger partial charge in [-0.05, 0) is 29.5 Å². The van der Waals surface area contributed by atoms with Crippen molar-refractivity contribution in [2.24, 2.45) is 0 Å². The van der Waals surface area contributed by atoms with Gasteiger partial charge in [0.25, 0.3) is 5.91 Å². The summed E-state index contributed by atoms with van der Waals surface area (Å²) < 4.78 is 13.5. The molecule has 5 heteroatoms. The summed E-state index contributed by atoms with van der Waals surface area (Å²) in [6, 6.07) is 11.4. The molecule has 0 radical (unpaired) electrons. The van der Waals surface area contributed by atoms with Crippen LogP contribution in [0.2, 0.25) is 0 Å². The minimum absolute atomic E-state index is 0.0554. The number of likely N-dealkylation sites (tertiary alicyclic amines) is 1. The number of halogens is 1. The number of benzene rings is 1. The van der Waals surface area contributed by atoms with Crippen LogP contribution in [0.5, 0.6) is 0 Å². The van der Waals surface area contributed by atoms with Gasteiger partial charge in [-0.3, -0.25) is 4.79 Å². The Morgan fingerprint density at radius 2 is 2.17 bits per heavy atom. The van der Waals surface area contributed by atoms with Gasteiger partial charge in [0.1, 0.15) is 11.9 Å². The number of carbonyl (C=O) groups excluding carboxylic acids is 1. The van der Waals surface area contributed by atoms with Crippen molar-refractivity contribution < 1.29 is 14.1 Å². The van der Waals surface area contributed by atoms with Gasteiger partial charge < -0.3 is 10.2 Å². The molecule has 3 rings (SSSR count). The molecule has 2 N–H and O–H groups in total. The largest absolute Gasteiger partial charge is 0.351 e. The Bertz CT molecular complexity index is 644. The van der Waals surface area contributed by atoms with Gasteiger partial charge in [-0.15, -0.1) is 11.3 Å². The average molecular weight is 333 g/mol. The number of rotatable bonds is 6.